The lowest BCUT2D eigenvalue weighted by Crippen LogP contribution is -2.44. The molecule has 1 fully saturated rings. The van der Waals surface area contributed by atoms with Crippen molar-refractivity contribution in [3.8, 4) is 5.75 Å². The van der Waals surface area contributed by atoms with Crippen LogP contribution in [0.3, 0.4) is 0 Å². The van der Waals surface area contributed by atoms with Crippen LogP contribution in [0.25, 0.3) is 0 Å². The van der Waals surface area contributed by atoms with E-state index in [1.807, 2.05) is 61.2 Å². The number of carbonyl (C=O) groups excluding carboxylic acids is 1. The number of ether oxygens (including phenoxy) is 1. The second kappa shape index (κ2) is 13.3. The third-order valence-electron chi connectivity index (χ3n) is 5.89. The number of halogens is 1. The maximum Gasteiger partial charge on any atom is 0.253 e. The van der Waals surface area contributed by atoms with E-state index in [0.717, 1.165) is 61.1 Å². The van der Waals surface area contributed by atoms with Crippen molar-refractivity contribution in [1.82, 2.24) is 15.5 Å². The summed E-state index contributed by atoms with van der Waals surface area (Å²) in [4.78, 5) is 21.0. The van der Waals surface area contributed by atoms with Crippen LogP contribution in [0.4, 0.5) is 5.69 Å². The zero-order valence-corrected chi connectivity index (χ0v) is 22.3. The normalized spacial score (nSPS) is 15.6. The Morgan fingerprint density at radius 2 is 1.85 bits per heavy atom. The molecule has 180 valence electrons. The van der Waals surface area contributed by atoms with Gasteiger partial charge in [0.2, 0.25) is 0 Å². The Hall–Kier alpha value is -2.49. The minimum atomic E-state index is 0. The average molecular weight is 566 g/mol. The van der Waals surface area contributed by atoms with Crippen LogP contribution in [0.1, 0.15) is 36.2 Å². The molecule has 2 aromatic rings. The molecule has 1 heterocycles. The molecule has 1 saturated heterocycles. The fourth-order valence-corrected chi connectivity index (χ4v) is 4.02. The Morgan fingerprint density at radius 1 is 1.15 bits per heavy atom. The maximum atomic E-state index is 12.5. The quantitative estimate of drug-likeness (QED) is 0.290. The molecule has 1 aliphatic heterocycles. The molecular weight excluding hydrogens is 529 g/mol. The molecule has 1 amide bonds. The zero-order chi connectivity index (χ0) is 22.9. The number of amides is 1. The van der Waals surface area contributed by atoms with Crippen molar-refractivity contribution in [3.63, 3.8) is 0 Å². The van der Waals surface area contributed by atoms with Gasteiger partial charge in [-0.2, -0.15) is 0 Å². The average Bonchev–Trinajstić information content (AvgIpc) is 3.31. The van der Waals surface area contributed by atoms with Gasteiger partial charge >= 0.3 is 0 Å². The SMILES string of the molecule is CCN(CC)C(=O)c1ccc(CNC(=NC)NC2CCN(c3ccccc3OC)C2)cc1.I. The molecule has 2 N–H and O–H groups in total. The van der Waals surface area contributed by atoms with Crippen LogP contribution in [0, 0.1) is 0 Å². The monoisotopic (exact) mass is 565 g/mol. The Morgan fingerprint density at radius 3 is 2.48 bits per heavy atom. The van der Waals surface area contributed by atoms with Gasteiger partial charge in [0.1, 0.15) is 5.75 Å². The first-order valence-corrected chi connectivity index (χ1v) is 11.3. The summed E-state index contributed by atoms with van der Waals surface area (Å²) in [5.74, 6) is 1.76. The molecule has 33 heavy (non-hydrogen) atoms. The largest absolute Gasteiger partial charge is 0.495 e. The highest BCUT2D eigenvalue weighted by molar-refractivity contribution is 14.0. The first kappa shape index (κ1) is 26.8. The third kappa shape index (κ3) is 6.99. The molecule has 1 atom stereocenters. The molecule has 0 radical (unpaired) electrons. The van der Waals surface area contributed by atoms with E-state index in [0.29, 0.717) is 12.6 Å². The lowest BCUT2D eigenvalue weighted by atomic mass is 10.1. The van der Waals surface area contributed by atoms with Crippen molar-refractivity contribution in [3.05, 3.63) is 59.7 Å². The summed E-state index contributed by atoms with van der Waals surface area (Å²) in [6.07, 6.45) is 1.03. The van der Waals surface area contributed by atoms with Crippen molar-refractivity contribution >= 4 is 41.5 Å². The predicted octanol–water partition coefficient (Wildman–Crippen LogP) is 3.74. The van der Waals surface area contributed by atoms with Gasteiger partial charge in [0, 0.05) is 51.4 Å². The first-order chi connectivity index (χ1) is 15.6. The summed E-state index contributed by atoms with van der Waals surface area (Å²) in [6.45, 7) is 7.94. The third-order valence-corrected chi connectivity index (χ3v) is 5.89. The van der Waals surface area contributed by atoms with E-state index in [1.165, 1.54) is 0 Å². The molecule has 0 aromatic heterocycles. The maximum absolute atomic E-state index is 12.5. The van der Waals surface area contributed by atoms with Crippen molar-refractivity contribution < 1.29 is 9.53 Å². The molecule has 7 nitrogen and oxygen atoms in total. The minimum absolute atomic E-state index is 0. The number of benzene rings is 2. The molecule has 1 aliphatic rings. The molecule has 0 aliphatic carbocycles. The molecule has 3 rings (SSSR count). The van der Waals surface area contributed by atoms with Crippen LogP contribution in [-0.2, 0) is 6.54 Å². The van der Waals surface area contributed by atoms with E-state index in [2.05, 4.69) is 26.6 Å². The number of hydrogen-bond acceptors (Lipinski definition) is 4. The Labute approximate surface area is 214 Å². The Bertz CT molecular complexity index is 915. The number of hydrogen-bond donors (Lipinski definition) is 2. The van der Waals surface area contributed by atoms with Gasteiger partial charge in [-0.1, -0.05) is 24.3 Å². The number of guanidine groups is 1. The number of nitrogens with one attached hydrogen (secondary N) is 2. The van der Waals surface area contributed by atoms with Crippen LogP contribution in [0.15, 0.2) is 53.5 Å². The second-order valence-electron chi connectivity index (χ2n) is 7.85. The topological polar surface area (TPSA) is 69.2 Å². The Kier molecular flexibility index (Phi) is 10.8. The molecule has 1 unspecified atom stereocenters. The lowest BCUT2D eigenvalue weighted by molar-refractivity contribution is 0.0773. The van der Waals surface area contributed by atoms with Gasteiger partial charge in [-0.25, -0.2) is 0 Å². The number of carbonyl (C=O) groups is 1. The summed E-state index contributed by atoms with van der Waals surface area (Å²) in [5, 5.41) is 6.91. The fraction of sp³-hybridized carbons (Fsp3) is 0.440. The molecule has 2 aromatic carbocycles. The predicted molar refractivity (Wildman–Crippen MR) is 146 cm³/mol. The number of methoxy groups -OCH3 is 1. The van der Waals surface area contributed by atoms with Gasteiger partial charge in [-0.15, -0.1) is 24.0 Å². The number of rotatable bonds is 8. The standard InChI is InChI=1S/C25H35N5O2.HI/c1-5-29(6-2)24(31)20-13-11-19(12-14-20)17-27-25(26-3)28-21-15-16-30(18-21)22-9-7-8-10-23(22)32-4;/h7-14,21H,5-6,15-18H2,1-4H3,(H2,26,27,28);1H. The number of anilines is 1. The fourth-order valence-electron chi connectivity index (χ4n) is 4.02. The van der Waals surface area contributed by atoms with E-state index in [4.69, 9.17) is 4.74 Å². The van der Waals surface area contributed by atoms with E-state index in [1.54, 1.807) is 14.2 Å². The van der Waals surface area contributed by atoms with Crippen LogP contribution in [0.2, 0.25) is 0 Å². The van der Waals surface area contributed by atoms with Gasteiger partial charge in [0.25, 0.3) is 5.91 Å². The molecule has 8 heteroatoms. The molecule has 0 bridgehead atoms. The minimum Gasteiger partial charge on any atom is -0.495 e. The summed E-state index contributed by atoms with van der Waals surface area (Å²) in [7, 11) is 3.50. The van der Waals surface area contributed by atoms with Crippen LogP contribution in [-0.4, -0.2) is 63.1 Å². The molecular formula is C25H36IN5O2. The number of nitrogens with zero attached hydrogens (tertiary/aromatic N) is 3. The van der Waals surface area contributed by atoms with Crippen molar-refractivity contribution in [2.45, 2.75) is 32.9 Å². The first-order valence-electron chi connectivity index (χ1n) is 11.3. The van der Waals surface area contributed by atoms with E-state index in [9.17, 15) is 4.79 Å². The lowest BCUT2D eigenvalue weighted by Gasteiger charge is -2.22. The number of aliphatic imine (C=N–C) groups is 1. The van der Waals surface area contributed by atoms with Crippen LogP contribution >= 0.6 is 24.0 Å². The van der Waals surface area contributed by atoms with E-state index >= 15 is 0 Å². The highest BCUT2D eigenvalue weighted by Gasteiger charge is 2.25. The van der Waals surface area contributed by atoms with Gasteiger partial charge in [0.05, 0.1) is 12.8 Å². The zero-order valence-electron chi connectivity index (χ0n) is 20.0. The van der Waals surface area contributed by atoms with Crippen molar-refractivity contribution in [1.29, 1.82) is 0 Å². The van der Waals surface area contributed by atoms with E-state index in [-0.39, 0.29) is 29.9 Å². The van der Waals surface area contributed by atoms with Crippen molar-refractivity contribution in [2.24, 2.45) is 4.99 Å². The van der Waals surface area contributed by atoms with Crippen LogP contribution < -0.4 is 20.3 Å². The highest BCUT2D eigenvalue weighted by Crippen LogP contribution is 2.30. The highest BCUT2D eigenvalue weighted by atomic mass is 127. The van der Waals surface area contributed by atoms with Gasteiger partial charge in [-0.3, -0.25) is 9.79 Å². The molecule has 0 spiro atoms. The summed E-state index contributed by atoms with van der Waals surface area (Å²) < 4.78 is 5.51. The summed E-state index contributed by atoms with van der Waals surface area (Å²) in [5.41, 5.74) is 2.95. The number of para-hydroxylation sites is 2. The summed E-state index contributed by atoms with van der Waals surface area (Å²) >= 11 is 0. The smallest absolute Gasteiger partial charge is 0.253 e. The Balaban J connectivity index is 0.00000385. The summed E-state index contributed by atoms with van der Waals surface area (Å²) in [6, 6.07) is 16.2. The van der Waals surface area contributed by atoms with Gasteiger partial charge < -0.3 is 25.2 Å². The second-order valence-corrected chi connectivity index (χ2v) is 7.85. The molecule has 0 saturated carbocycles. The van der Waals surface area contributed by atoms with E-state index < -0.39 is 0 Å². The van der Waals surface area contributed by atoms with Gasteiger partial charge in [0.15, 0.2) is 5.96 Å². The van der Waals surface area contributed by atoms with Crippen LogP contribution in [0.5, 0.6) is 5.75 Å². The van der Waals surface area contributed by atoms with Gasteiger partial charge in [-0.05, 0) is 50.1 Å². The van der Waals surface area contributed by atoms with Crippen molar-refractivity contribution in [2.75, 3.05) is 45.2 Å².